The predicted octanol–water partition coefficient (Wildman–Crippen LogP) is 3.36. The Bertz CT molecular complexity index is 877. The lowest BCUT2D eigenvalue weighted by Gasteiger charge is -2.14. The molecule has 1 aliphatic rings. The van der Waals surface area contributed by atoms with Gasteiger partial charge in [0.05, 0.1) is 12.3 Å². The van der Waals surface area contributed by atoms with Gasteiger partial charge in [-0.25, -0.2) is 0 Å². The average Bonchev–Trinajstić information content (AvgIpc) is 2.85. The number of thiocarbonyl (C=S) groups is 1. The third-order valence-corrected chi connectivity index (χ3v) is 4.02. The minimum Gasteiger partial charge on any atom is -0.504 e. The molecule has 6 heteroatoms. The summed E-state index contributed by atoms with van der Waals surface area (Å²) in [6, 6.07) is 12.5. The average molecular weight is 354 g/mol. The standard InChI is InChI=1S/C19H18N2O3S/c1-3-24-17-11-13(7-8-16(17)22)10-15-18(23)21(19(25)20-15)14-6-4-5-12(2)9-14/h4-11,22H,3H2,1-2H3,(H,20,25)/b15-10-. The van der Waals surface area contributed by atoms with Gasteiger partial charge in [-0.3, -0.25) is 9.69 Å². The number of nitrogens with one attached hydrogen (secondary N) is 1. The van der Waals surface area contributed by atoms with Crippen molar-refractivity contribution < 1.29 is 14.6 Å². The molecule has 0 bridgehead atoms. The van der Waals surface area contributed by atoms with E-state index in [-0.39, 0.29) is 11.7 Å². The Morgan fingerprint density at radius 3 is 2.80 bits per heavy atom. The van der Waals surface area contributed by atoms with Gasteiger partial charge < -0.3 is 15.2 Å². The summed E-state index contributed by atoms with van der Waals surface area (Å²) in [4.78, 5) is 14.2. The second kappa shape index (κ2) is 6.94. The molecule has 25 heavy (non-hydrogen) atoms. The number of benzene rings is 2. The van der Waals surface area contributed by atoms with Crippen LogP contribution < -0.4 is 15.0 Å². The van der Waals surface area contributed by atoms with E-state index in [1.165, 1.54) is 11.0 Å². The lowest BCUT2D eigenvalue weighted by Crippen LogP contribution is -2.30. The maximum absolute atomic E-state index is 12.7. The first-order valence-corrected chi connectivity index (χ1v) is 8.30. The quantitative estimate of drug-likeness (QED) is 0.651. The number of hydrogen-bond donors (Lipinski definition) is 2. The van der Waals surface area contributed by atoms with Gasteiger partial charge in [-0.1, -0.05) is 18.2 Å². The van der Waals surface area contributed by atoms with Crippen LogP contribution in [0.2, 0.25) is 0 Å². The molecule has 1 heterocycles. The highest BCUT2D eigenvalue weighted by atomic mass is 32.1. The lowest BCUT2D eigenvalue weighted by atomic mass is 10.1. The molecule has 128 valence electrons. The molecule has 1 amide bonds. The summed E-state index contributed by atoms with van der Waals surface area (Å²) in [7, 11) is 0. The highest BCUT2D eigenvalue weighted by molar-refractivity contribution is 7.80. The van der Waals surface area contributed by atoms with E-state index in [1.807, 2.05) is 38.1 Å². The number of carbonyl (C=O) groups excluding carboxylic acids is 1. The van der Waals surface area contributed by atoms with Crippen LogP contribution in [0.3, 0.4) is 0 Å². The first kappa shape index (κ1) is 17.0. The molecule has 1 aliphatic heterocycles. The van der Waals surface area contributed by atoms with Crippen LogP contribution in [0.25, 0.3) is 6.08 Å². The number of anilines is 1. The SMILES string of the molecule is CCOc1cc(/C=C2\NC(=S)N(c3cccc(C)c3)C2=O)ccc1O. The Labute approximate surface area is 151 Å². The highest BCUT2D eigenvalue weighted by Crippen LogP contribution is 2.29. The molecular weight excluding hydrogens is 336 g/mol. The molecule has 0 aliphatic carbocycles. The van der Waals surface area contributed by atoms with Crippen molar-refractivity contribution in [2.45, 2.75) is 13.8 Å². The Morgan fingerprint density at radius 1 is 1.28 bits per heavy atom. The minimum atomic E-state index is -0.221. The van der Waals surface area contributed by atoms with Crippen LogP contribution >= 0.6 is 12.2 Å². The number of rotatable bonds is 4. The monoisotopic (exact) mass is 354 g/mol. The number of phenols is 1. The molecule has 5 nitrogen and oxygen atoms in total. The number of phenolic OH excluding ortho intramolecular Hbond substituents is 1. The molecule has 2 N–H and O–H groups in total. The molecule has 2 aromatic carbocycles. The number of aromatic hydroxyl groups is 1. The van der Waals surface area contributed by atoms with Gasteiger partial charge in [0.2, 0.25) is 0 Å². The van der Waals surface area contributed by atoms with E-state index in [9.17, 15) is 9.90 Å². The number of aryl methyl sites for hydroxylation is 1. The highest BCUT2D eigenvalue weighted by Gasteiger charge is 2.31. The van der Waals surface area contributed by atoms with E-state index < -0.39 is 0 Å². The molecule has 3 rings (SSSR count). The normalized spacial score (nSPS) is 15.6. The van der Waals surface area contributed by atoms with Crippen molar-refractivity contribution in [3.63, 3.8) is 0 Å². The first-order valence-electron chi connectivity index (χ1n) is 7.89. The largest absolute Gasteiger partial charge is 0.504 e. The Morgan fingerprint density at radius 2 is 2.08 bits per heavy atom. The lowest BCUT2D eigenvalue weighted by molar-refractivity contribution is -0.113. The summed E-state index contributed by atoms with van der Waals surface area (Å²) < 4.78 is 5.37. The van der Waals surface area contributed by atoms with Crippen LogP contribution in [0.4, 0.5) is 5.69 Å². The van der Waals surface area contributed by atoms with Gasteiger partial charge in [-0.2, -0.15) is 0 Å². The summed E-state index contributed by atoms with van der Waals surface area (Å²) in [5, 5.41) is 13.1. The summed E-state index contributed by atoms with van der Waals surface area (Å²) in [6.45, 7) is 4.24. The van der Waals surface area contributed by atoms with E-state index in [0.717, 1.165) is 16.8 Å². The van der Waals surface area contributed by atoms with Gasteiger partial charge in [-0.15, -0.1) is 0 Å². The smallest absolute Gasteiger partial charge is 0.281 e. The van der Waals surface area contributed by atoms with Crippen LogP contribution in [0.15, 0.2) is 48.2 Å². The summed E-state index contributed by atoms with van der Waals surface area (Å²) in [5.74, 6) is 0.216. The number of amides is 1. The van der Waals surface area contributed by atoms with Crippen LogP contribution in [0.1, 0.15) is 18.1 Å². The first-order chi connectivity index (χ1) is 12.0. The van der Waals surface area contributed by atoms with Crippen LogP contribution in [-0.4, -0.2) is 22.7 Å². The van der Waals surface area contributed by atoms with Crippen molar-refractivity contribution in [1.29, 1.82) is 0 Å². The fourth-order valence-corrected chi connectivity index (χ4v) is 2.89. The van der Waals surface area contributed by atoms with Crippen molar-refractivity contribution >= 4 is 35.0 Å². The van der Waals surface area contributed by atoms with Crippen molar-refractivity contribution in [2.24, 2.45) is 0 Å². The van der Waals surface area contributed by atoms with Crippen LogP contribution in [0.5, 0.6) is 11.5 Å². The van der Waals surface area contributed by atoms with E-state index in [0.29, 0.717) is 23.2 Å². The molecule has 0 radical (unpaired) electrons. The van der Waals surface area contributed by atoms with Gasteiger partial charge in [0.25, 0.3) is 5.91 Å². The van der Waals surface area contributed by atoms with Gasteiger partial charge in [0.15, 0.2) is 16.6 Å². The van der Waals surface area contributed by atoms with Crippen LogP contribution in [0, 0.1) is 6.92 Å². The van der Waals surface area contributed by atoms with Crippen molar-refractivity contribution in [2.75, 3.05) is 11.5 Å². The van der Waals surface area contributed by atoms with Crippen molar-refractivity contribution in [1.82, 2.24) is 5.32 Å². The summed E-state index contributed by atoms with van der Waals surface area (Å²) in [5.41, 5.74) is 2.88. The van der Waals surface area contributed by atoms with Gasteiger partial charge in [0.1, 0.15) is 5.70 Å². The zero-order valence-corrected chi connectivity index (χ0v) is 14.8. The zero-order chi connectivity index (χ0) is 18.0. The van der Waals surface area contributed by atoms with E-state index in [4.69, 9.17) is 17.0 Å². The Hall–Kier alpha value is -2.86. The summed E-state index contributed by atoms with van der Waals surface area (Å²) >= 11 is 5.31. The van der Waals surface area contributed by atoms with E-state index >= 15 is 0 Å². The zero-order valence-electron chi connectivity index (χ0n) is 13.9. The molecule has 0 saturated carbocycles. The minimum absolute atomic E-state index is 0.0617. The number of carbonyl (C=O) groups is 1. The second-order valence-electron chi connectivity index (χ2n) is 5.63. The maximum atomic E-state index is 12.7. The maximum Gasteiger partial charge on any atom is 0.281 e. The molecule has 0 atom stereocenters. The third-order valence-electron chi connectivity index (χ3n) is 3.73. The molecular formula is C19H18N2O3S. The topological polar surface area (TPSA) is 61.8 Å². The third kappa shape index (κ3) is 3.49. The van der Waals surface area contributed by atoms with Gasteiger partial charge in [-0.05, 0) is 67.5 Å². The number of ether oxygens (including phenoxy) is 1. The fourth-order valence-electron chi connectivity index (χ4n) is 2.59. The molecule has 1 saturated heterocycles. The molecule has 0 aromatic heterocycles. The van der Waals surface area contributed by atoms with E-state index in [1.54, 1.807) is 18.2 Å². The van der Waals surface area contributed by atoms with Crippen molar-refractivity contribution in [3.05, 3.63) is 59.3 Å². The van der Waals surface area contributed by atoms with Gasteiger partial charge in [0, 0.05) is 0 Å². The Balaban J connectivity index is 1.92. The number of hydrogen-bond acceptors (Lipinski definition) is 4. The molecule has 0 unspecified atom stereocenters. The van der Waals surface area contributed by atoms with Crippen LogP contribution in [-0.2, 0) is 4.79 Å². The van der Waals surface area contributed by atoms with E-state index in [2.05, 4.69) is 5.32 Å². The fraction of sp³-hybridized carbons (Fsp3) is 0.158. The predicted molar refractivity (Wildman–Crippen MR) is 102 cm³/mol. The molecule has 1 fully saturated rings. The van der Waals surface area contributed by atoms with Gasteiger partial charge >= 0.3 is 0 Å². The second-order valence-corrected chi connectivity index (χ2v) is 6.01. The molecule has 2 aromatic rings. The molecule has 0 spiro atoms. The Kier molecular flexibility index (Phi) is 4.72. The van der Waals surface area contributed by atoms with Crippen molar-refractivity contribution in [3.8, 4) is 11.5 Å². The summed E-state index contributed by atoms with van der Waals surface area (Å²) in [6.07, 6.45) is 1.69. The number of nitrogens with zero attached hydrogens (tertiary/aromatic N) is 1.